The van der Waals surface area contributed by atoms with Crippen LogP contribution in [0.5, 0.6) is 5.88 Å². The molecule has 2 aliphatic rings. The summed E-state index contributed by atoms with van der Waals surface area (Å²) in [4.78, 5) is 25.7. The molecule has 0 radical (unpaired) electrons. The first-order valence-corrected chi connectivity index (χ1v) is 11.1. The van der Waals surface area contributed by atoms with Crippen LogP contribution in [0.25, 0.3) is 0 Å². The molecule has 33 heavy (non-hydrogen) atoms. The fourth-order valence-corrected chi connectivity index (χ4v) is 5.46. The number of carbonyl (C=O) groups is 1. The maximum absolute atomic E-state index is 15.2. The summed E-state index contributed by atoms with van der Waals surface area (Å²) in [6.45, 7) is 3.87. The number of amidine groups is 1. The van der Waals surface area contributed by atoms with Crippen molar-refractivity contribution >= 4 is 28.5 Å². The minimum absolute atomic E-state index is 0.0522. The van der Waals surface area contributed by atoms with Crippen molar-refractivity contribution in [1.82, 2.24) is 9.97 Å². The van der Waals surface area contributed by atoms with Crippen molar-refractivity contribution < 1.29 is 18.7 Å². The summed E-state index contributed by atoms with van der Waals surface area (Å²) in [6, 6.07) is 2.75. The average Bonchev–Trinajstić information content (AvgIpc) is 3.48. The number of ether oxygens (including phenoxy) is 2. The molecule has 1 aliphatic carbocycles. The third-order valence-corrected chi connectivity index (χ3v) is 7.04. The lowest BCUT2D eigenvalue weighted by Crippen LogP contribution is -2.28. The predicted octanol–water partition coefficient (Wildman–Crippen LogP) is 3.00. The molecule has 8 nitrogen and oxygen atoms in total. The third-order valence-electron chi connectivity index (χ3n) is 5.73. The molecule has 4 rings (SSSR count). The standard InChI is InChI=1S/C23H24FN5O3S/c1-5-6-32-17-10-26-19(13(3)27-17)21(30)28-14-7-12(2)18(24)15(8-14)20-16-9-23(16,11-31-4)33-22(25)29-20/h1,7-8,10,16,20H,6,9,11H2,2-4H3,(H2,25,29)(H,28,30)/t16?,20?,23-/m1/s1. The van der Waals surface area contributed by atoms with Crippen molar-refractivity contribution in [3.63, 3.8) is 0 Å². The second-order valence-electron chi connectivity index (χ2n) is 8.11. The van der Waals surface area contributed by atoms with Gasteiger partial charge in [0, 0.05) is 24.3 Å². The van der Waals surface area contributed by atoms with E-state index in [9.17, 15) is 4.79 Å². The van der Waals surface area contributed by atoms with Gasteiger partial charge in [-0.1, -0.05) is 17.7 Å². The van der Waals surface area contributed by atoms with Gasteiger partial charge in [0.15, 0.2) is 11.8 Å². The van der Waals surface area contributed by atoms with Crippen LogP contribution >= 0.6 is 11.8 Å². The zero-order chi connectivity index (χ0) is 23.8. The summed E-state index contributed by atoms with van der Waals surface area (Å²) in [7, 11) is 1.64. The van der Waals surface area contributed by atoms with Crippen LogP contribution in [-0.4, -0.2) is 46.1 Å². The first-order chi connectivity index (χ1) is 15.8. The number of hydrogen-bond acceptors (Lipinski definition) is 8. The van der Waals surface area contributed by atoms with Crippen LogP contribution in [-0.2, 0) is 4.74 Å². The Kier molecular flexibility index (Phi) is 6.28. The predicted molar refractivity (Wildman–Crippen MR) is 125 cm³/mol. The zero-order valence-corrected chi connectivity index (χ0v) is 19.3. The van der Waals surface area contributed by atoms with Gasteiger partial charge in [0.05, 0.1) is 29.3 Å². The molecule has 1 aliphatic heterocycles. The molecule has 1 aromatic heterocycles. The topological polar surface area (TPSA) is 112 Å². The first-order valence-electron chi connectivity index (χ1n) is 10.3. The smallest absolute Gasteiger partial charge is 0.276 e. The molecular formula is C23H24FN5O3S. The SMILES string of the molecule is C#CCOc1cnc(C(=O)Nc2cc(C)c(F)c(C3N=C(N)S[C@@]4(COC)CC34)c2)c(C)n1. The number of hydrogen-bond donors (Lipinski definition) is 2. The number of benzene rings is 1. The molecule has 2 heterocycles. The van der Waals surface area contributed by atoms with Crippen molar-refractivity contribution in [3.05, 3.63) is 46.7 Å². The Morgan fingerprint density at radius 1 is 1.45 bits per heavy atom. The van der Waals surface area contributed by atoms with Crippen LogP contribution in [0.1, 0.15) is 39.8 Å². The number of nitrogens with one attached hydrogen (secondary N) is 1. The number of halogens is 1. The van der Waals surface area contributed by atoms with E-state index >= 15 is 4.39 Å². The number of amides is 1. The van der Waals surface area contributed by atoms with E-state index < -0.39 is 11.9 Å². The van der Waals surface area contributed by atoms with E-state index in [-0.39, 0.29) is 34.7 Å². The maximum Gasteiger partial charge on any atom is 0.276 e. The van der Waals surface area contributed by atoms with Crippen LogP contribution < -0.4 is 15.8 Å². The van der Waals surface area contributed by atoms with Crippen molar-refractivity contribution in [1.29, 1.82) is 0 Å². The molecular weight excluding hydrogens is 445 g/mol. The fourth-order valence-electron chi connectivity index (χ4n) is 4.16. The third kappa shape index (κ3) is 4.51. The number of aryl methyl sites for hydroxylation is 2. The van der Waals surface area contributed by atoms with Gasteiger partial charge in [-0.25, -0.2) is 14.4 Å². The number of methoxy groups -OCH3 is 1. The van der Waals surface area contributed by atoms with Crippen molar-refractivity contribution in [2.45, 2.75) is 31.1 Å². The minimum atomic E-state index is -0.470. The van der Waals surface area contributed by atoms with Gasteiger partial charge < -0.3 is 20.5 Å². The van der Waals surface area contributed by atoms with E-state index in [4.69, 9.17) is 21.6 Å². The highest BCUT2D eigenvalue weighted by molar-refractivity contribution is 8.15. The number of carbonyl (C=O) groups excluding carboxylic acids is 1. The van der Waals surface area contributed by atoms with Crippen LogP contribution in [0.15, 0.2) is 23.3 Å². The number of rotatable bonds is 7. The summed E-state index contributed by atoms with van der Waals surface area (Å²) in [5.41, 5.74) is 7.81. The maximum atomic E-state index is 15.2. The lowest BCUT2D eigenvalue weighted by atomic mass is 9.97. The molecule has 1 fully saturated rings. The summed E-state index contributed by atoms with van der Waals surface area (Å²) >= 11 is 1.49. The van der Waals surface area contributed by atoms with Crippen molar-refractivity contribution in [2.75, 3.05) is 25.6 Å². The molecule has 1 amide bonds. The number of aliphatic imine (C=N–C) groups is 1. The first kappa shape index (κ1) is 23.0. The normalized spacial score (nSPS) is 23.2. The van der Waals surface area contributed by atoms with Crippen LogP contribution in [0.2, 0.25) is 0 Å². The van der Waals surface area contributed by atoms with Gasteiger partial charge in [0.1, 0.15) is 11.5 Å². The number of anilines is 1. The molecule has 172 valence electrons. The van der Waals surface area contributed by atoms with E-state index in [1.165, 1.54) is 18.0 Å². The highest BCUT2D eigenvalue weighted by Crippen LogP contribution is 2.63. The highest BCUT2D eigenvalue weighted by Gasteiger charge is 2.61. The van der Waals surface area contributed by atoms with Gasteiger partial charge in [-0.3, -0.25) is 9.79 Å². The Balaban J connectivity index is 1.59. The van der Waals surface area contributed by atoms with Gasteiger partial charge in [0.2, 0.25) is 5.88 Å². The number of aromatic nitrogens is 2. The molecule has 0 saturated heterocycles. The summed E-state index contributed by atoms with van der Waals surface area (Å²) in [5.74, 6) is 1.86. The molecule has 3 N–H and O–H groups in total. The Hall–Kier alpha value is -3.16. The highest BCUT2D eigenvalue weighted by atomic mass is 32.2. The molecule has 2 aromatic rings. The number of fused-ring (bicyclic) bond motifs is 1. The average molecular weight is 470 g/mol. The van der Waals surface area contributed by atoms with Crippen molar-refractivity contribution in [2.24, 2.45) is 16.6 Å². The molecule has 1 saturated carbocycles. The van der Waals surface area contributed by atoms with Gasteiger partial charge in [0.25, 0.3) is 5.91 Å². The summed E-state index contributed by atoms with van der Waals surface area (Å²) in [5, 5.41) is 3.21. The molecule has 10 heteroatoms. The quantitative estimate of drug-likeness (QED) is 0.600. The van der Waals surface area contributed by atoms with Gasteiger partial charge in [-0.15, -0.1) is 6.42 Å². The summed E-state index contributed by atoms with van der Waals surface area (Å²) in [6.07, 6.45) is 7.34. The summed E-state index contributed by atoms with van der Waals surface area (Å²) < 4.78 is 25.6. The molecule has 1 aromatic carbocycles. The van der Waals surface area contributed by atoms with Gasteiger partial charge in [-0.05, 0) is 38.0 Å². The minimum Gasteiger partial charge on any atom is -0.463 e. The fraction of sp³-hybridized carbons (Fsp3) is 0.391. The van der Waals surface area contributed by atoms with E-state index in [1.807, 2.05) is 0 Å². The van der Waals surface area contributed by atoms with E-state index in [0.29, 0.717) is 34.3 Å². The monoisotopic (exact) mass is 469 g/mol. The van der Waals surface area contributed by atoms with E-state index in [0.717, 1.165) is 6.42 Å². The second kappa shape index (κ2) is 9.00. The largest absolute Gasteiger partial charge is 0.463 e. The van der Waals surface area contributed by atoms with Gasteiger partial charge >= 0.3 is 0 Å². The molecule has 0 bridgehead atoms. The Bertz CT molecular complexity index is 1180. The second-order valence-corrected chi connectivity index (χ2v) is 9.54. The zero-order valence-electron chi connectivity index (χ0n) is 18.5. The van der Waals surface area contributed by atoms with Crippen LogP contribution in [0.4, 0.5) is 10.1 Å². The molecule has 3 atom stereocenters. The van der Waals surface area contributed by atoms with E-state index in [1.54, 1.807) is 33.1 Å². The van der Waals surface area contributed by atoms with Crippen LogP contribution in [0, 0.1) is 37.9 Å². The number of nitrogens with zero attached hydrogens (tertiary/aromatic N) is 3. The Morgan fingerprint density at radius 3 is 2.94 bits per heavy atom. The molecule has 0 spiro atoms. The molecule has 2 unspecified atom stereocenters. The lowest BCUT2D eigenvalue weighted by molar-refractivity contribution is 0.102. The van der Waals surface area contributed by atoms with E-state index in [2.05, 4.69) is 26.2 Å². The van der Waals surface area contributed by atoms with Crippen LogP contribution in [0.3, 0.4) is 0 Å². The number of terminal acetylenes is 1. The number of thioether (sulfide) groups is 1. The Morgan fingerprint density at radius 2 is 2.24 bits per heavy atom. The lowest BCUT2D eigenvalue weighted by Gasteiger charge is -2.26. The van der Waals surface area contributed by atoms with Gasteiger partial charge in [-0.2, -0.15) is 0 Å². The number of nitrogens with two attached hydrogens (primary N) is 1. The Labute approximate surface area is 195 Å². The van der Waals surface area contributed by atoms with Crippen molar-refractivity contribution in [3.8, 4) is 18.2 Å².